The summed E-state index contributed by atoms with van der Waals surface area (Å²) >= 11 is 0. The van der Waals surface area contributed by atoms with E-state index in [2.05, 4.69) is 60.9 Å². The third kappa shape index (κ3) is 3.91. The SMILES string of the molecule is CCOC(CC)C(NN)c1ccc(-c2ccccc2)cc1. The normalized spacial score (nSPS) is 13.9. The molecule has 3 nitrogen and oxygen atoms in total. The van der Waals surface area contributed by atoms with Crippen LogP contribution in [-0.2, 0) is 4.74 Å². The molecule has 0 fully saturated rings. The van der Waals surface area contributed by atoms with Gasteiger partial charge in [0.25, 0.3) is 0 Å². The first kappa shape index (κ1) is 15.7. The van der Waals surface area contributed by atoms with Gasteiger partial charge in [-0.1, -0.05) is 61.5 Å². The van der Waals surface area contributed by atoms with E-state index >= 15 is 0 Å². The molecule has 112 valence electrons. The quantitative estimate of drug-likeness (QED) is 0.602. The van der Waals surface area contributed by atoms with E-state index in [9.17, 15) is 0 Å². The van der Waals surface area contributed by atoms with Crippen LogP contribution in [0, 0.1) is 0 Å². The smallest absolute Gasteiger partial charge is 0.0779 e. The van der Waals surface area contributed by atoms with E-state index in [0.29, 0.717) is 6.61 Å². The summed E-state index contributed by atoms with van der Waals surface area (Å²) < 4.78 is 5.77. The van der Waals surface area contributed by atoms with Crippen LogP contribution in [0.5, 0.6) is 0 Å². The zero-order valence-electron chi connectivity index (χ0n) is 12.8. The number of nitrogens with one attached hydrogen (secondary N) is 1. The molecule has 3 heteroatoms. The van der Waals surface area contributed by atoms with Crippen molar-refractivity contribution in [2.75, 3.05) is 6.61 Å². The molecule has 0 saturated carbocycles. The van der Waals surface area contributed by atoms with Crippen LogP contribution in [-0.4, -0.2) is 12.7 Å². The lowest BCUT2D eigenvalue weighted by atomic mass is 9.97. The fraction of sp³-hybridized carbons (Fsp3) is 0.333. The highest BCUT2D eigenvalue weighted by atomic mass is 16.5. The molecule has 0 heterocycles. The number of hydrogen-bond acceptors (Lipinski definition) is 3. The molecule has 0 bridgehead atoms. The largest absolute Gasteiger partial charge is 0.376 e. The van der Waals surface area contributed by atoms with Crippen molar-refractivity contribution in [2.45, 2.75) is 32.4 Å². The van der Waals surface area contributed by atoms with Crippen LogP contribution < -0.4 is 11.3 Å². The third-order valence-electron chi connectivity index (χ3n) is 3.71. The van der Waals surface area contributed by atoms with E-state index in [0.717, 1.165) is 12.0 Å². The Hall–Kier alpha value is -1.68. The monoisotopic (exact) mass is 284 g/mol. The van der Waals surface area contributed by atoms with E-state index in [1.165, 1.54) is 11.1 Å². The standard InChI is InChI=1S/C18H24N2O/c1-3-17(21-4-2)18(20-19)16-12-10-15(11-13-16)14-8-6-5-7-9-14/h5-13,17-18,20H,3-4,19H2,1-2H3. The van der Waals surface area contributed by atoms with Crippen molar-refractivity contribution in [2.24, 2.45) is 5.84 Å². The molecule has 0 aliphatic rings. The molecule has 2 unspecified atom stereocenters. The average Bonchev–Trinajstić information content (AvgIpc) is 2.56. The van der Waals surface area contributed by atoms with Gasteiger partial charge in [-0.05, 0) is 30.0 Å². The molecule has 0 aromatic heterocycles. The molecule has 21 heavy (non-hydrogen) atoms. The van der Waals surface area contributed by atoms with Crippen LogP contribution in [0.4, 0.5) is 0 Å². The lowest BCUT2D eigenvalue weighted by molar-refractivity contribution is 0.0314. The Morgan fingerprint density at radius 1 is 0.952 bits per heavy atom. The van der Waals surface area contributed by atoms with Crippen molar-refractivity contribution in [3.05, 3.63) is 60.2 Å². The van der Waals surface area contributed by atoms with Gasteiger partial charge in [0.2, 0.25) is 0 Å². The van der Waals surface area contributed by atoms with Crippen molar-refractivity contribution in [1.82, 2.24) is 5.43 Å². The Balaban J connectivity index is 2.20. The Morgan fingerprint density at radius 3 is 2.10 bits per heavy atom. The Bertz CT molecular complexity index is 525. The molecule has 2 rings (SSSR count). The summed E-state index contributed by atoms with van der Waals surface area (Å²) in [5, 5.41) is 0. The van der Waals surface area contributed by atoms with Crippen molar-refractivity contribution in [3.63, 3.8) is 0 Å². The lowest BCUT2D eigenvalue weighted by Gasteiger charge is -2.26. The van der Waals surface area contributed by atoms with Gasteiger partial charge in [-0.3, -0.25) is 11.3 Å². The predicted octanol–water partition coefficient (Wildman–Crippen LogP) is 3.67. The number of rotatable bonds is 7. The van der Waals surface area contributed by atoms with Gasteiger partial charge in [0.05, 0.1) is 12.1 Å². The molecule has 0 aliphatic carbocycles. The number of benzene rings is 2. The van der Waals surface area contributed by atoms with E-state index < -0.39 is 0 Å². The molecule has 0 aliphatic heterocycles. The molecule has 0 spiro atoms. The topological polar surface area (TPSA) is 47.3 Å². The highest BCUT2D eigenvalue weighted by Crippen LogP contribution is 2.25. The molecular weight excluding hydrogens is 260 g/mol. The first-order valence-corrected chi connectivity index (χ1v) is 7.53. The van der Waals surface area contributed by atoms with Crippen LogP contribution in [0.1, 0.15) is 31.9 Å². The second-order valence-corrected chi connectivity index (χ2v) is 5.03. The lowest BCUT2D eigenvalue weighted by Crippen LogP contribution is -2.37. The van der Waals surface area contributed by atoms with Crippen LogP contribution in [0.15, 0.2) is 54.6 Å². The van der Waals surface area contributed by atoms with Crippen molar-refractivity contribution >= 4 is 0 Å². The first-order chi connectivity index (χ1) is 10.3. The van der Waals surface area contributed by atoms with Gasteiger partial charge < -0.3 is 4.74 Å². The molecular formula is C18H24N2O. The second kappa shape index (κ2) is 7.93. The maximum Gasteiger partial charge on any atom is 0.0779 e. The predicted molar refractivity (Wildman–Crippen MR) is 87.6 cm³/mol. The minimum absolute atomic E-state index is 0.0137. The summed E-state index contributed by atoms with van der Waals surface area (Å²) in [4.78, 5) is 0. The zero-order valence-corrected chi connectivity index (χ0v) is 12.8. The number of hydrazine groups is 1. The van der Waals surface area contributed by atoms with E-state index in [4.69, 9.17) is 10.6 Å². The molecule has 2 aromatic carbocycles. The number of hydrogen-bond donors (Lipinski definition) is 2. The van der Waals surface area contributed by atoms with Crippen LogP contribution in [0.25, 0.3) is 11.1 Å². The maximum atomic E-state index is 5.77. The summed E-state index contributed by atoms with van der Waals surface area (Å²) in [5.41, 5.74) is 6.47. The molecule has 0 amide bonds. The molecule has 2 atom stereocenters. The minimum Gasteiger partial charge on any atom is -0.376 e. The van der Waals surface area contributed by atoms with Crippen molar-refractivity contribution < 1.29 is 4.74 Å². The van der Waals surface area contributed by atoms with Crippen LogP contribution in [0.3, 0.4) is 0 Å². The second-order valence-electron chi connectivity index (χ2n) is 5.03. The number of nitrogens with two attached hydrogens (primary N) is 1. The summed E-state index contributed by atoms with van der Waals surface area (Å²) in [7, 11) is 0. The fourth-order valence-electron chi connectivity index (χ4n) is 2.60. The fourth-order valence-corrected chi connectivity index (χ4v) is 2.60. The van der Waals surface area contributed by atoms with Gasteiger partial charge in [0.1, 0.15) is 0 Å². The van der Waals surface area contributed by atoms with Gasteiger partial charge in [-0.15, -0.1) is 0 Å². The maximum absolute atomic E-state index is 5.77. The summed E-state index contributed by atoms with van der Waals surface area (Å²) in [5.74, 6) is 5.73. The van der Waals surface area contributed by atoms with Gasteiger partial charge in [-0.25, -0.2) is 0 Å². The minimum atomic E-state index is 0.0137. The molecule has 0 saturated heterocycles. The average molecular weight is 284 g/mol. The van der Waals surface area contributed by atoms with E-state index in [1.54, 1.807) is 0 Å². The van der Waals surface area contributed by atoms with Crippen molar-refractivity contribution in [3.8, 4) is 11.1 Å². The Kier molecular flexibility index (Phi) is 5.93. The van der Waals surface area contributed by atoms with Gasteiger partial charge in [0, 0.05) is 6.61 Å². The third-order valence-corrected chi connectivity index (χ3v) is 3.71. The highest BCUT2D eigenvalue weighted by Gasteiger charge is 2.20. The number of ether oxygens (including phenoxy) is 1. The summed E-state index contributed by atoms with van der Waals surface area (Å²) in [6.45, 7) is 4.82. The Morgan fingerprint density at radius 2 is 1.57 bits per heavy atom. The van der Waals surface area contributed by atoms with E-state index in [-0.39, 0.29) is 12.1 Å². The summed E-state index contributed by atoms with van der Waals surface area (Å²) in [6, 6.07) is 18.9. The molecule has 0 radical (unpaired) electrons. The van der Waals surface area contributed by atoms with Crippen LogP contribution in [0.2, 0.25) is 0 Å². The van der Waals surface area contributed by atoms with Gasteiger partial charge >= 0.3 is 0 Å². The van der Waals surface area contributed by atoms with Crippen molar-refractivity contribution in [1.29, 1.82) is 0 Å². The van der Waals surface area contributed by atoms with Gasteiger partial charge in [-0.2, -0.15) is 0 Å². The molecule has 2 aromatic rings. The van der Waals surface area contributed by atoms with E-state index in [1.807, 2.05) is 13.0 Å². The van der Waals surface area contributed by atoms with Crippen LogP contribution >= 0.6 is 0 Å². The highest BCUT2D eigenvalue weighted by molar-refractivity contribution is 5.63. The Labute approximate surface area is 127 Å². The zero-order chi connectivity index (χ0) is 15.1. The first-order valence-electron chi connectivity index (χ1n) is 7.53. The molecule has 3 N–H and O–H groups in total. The van der Waals surface area contributed by atoms with Gasteiger partial charge in [0.15, 0.2) is 0 Å². The summed E-state index contributed by atoms with van der Waals surface area (Å²) in [6.07, 6.45) is 1.01.